The van der Waals surface area contributed by atoms with Gasteiger partial charge in [0, 0.05) is 39.6 Å². The molecule has 1 saturated heterocycles. The quantitative estimate of drug-likeness (QED) is 0.763. The maximum absolute atomic E-state index is 12.5. The number of nitrogens with one attached hydrogen (secondary N) is 1. The van der Waals surface area contributed by atoms with Gasteiger partial charge in [-0.05, 0) is 38.5 Å². The van der Waals surface area contributed by atoms with Crippen molar-refractivity contribution in [3.05, 3.63) is 11.6 Å². The molecule has 2 atom stereocenters. The summed E-state index contributed by atoms with van der Waals surface area (Å²) in [5.41, 5.74) is 1.46. The summed E-state index contributed by atoms with van der Waals surface area (Å²) in [5, 5.41) is 3.00. The van der Waals surface area contributed by atoms with Crippen molar-refractivity contribution in [3.8, 4) is 0 Å². The third-order valence-corrected chi connectivity index (χ3v) is 5.61. The number of rotatable bonds is 5. The van der Waals surface area contributed by atoms with Crippen molar-refractivity contribution in [2.45, 2.75) is 45.4 Å². The van der Waals surface area contributed by atoms with Gasteiger partial charge in [0.1, 0.15) is 0 Å². The molecule has 2 fully saturated rings. The Bertz CT molecular complexity index is 564. The van der Waals surface area contributed by atoms with Gasteiger partial charge < -0.3 is 15.1 Å². The zero-order valence-corrected chi connectivity index (χ0v) is 15.1. The van der Waals surface area contributed by atoms with Crippen molar-refractivity contribution < 1.29 is 14.4 Å². The van der Waals surface area contributed by atoms with Crippen LogP contribution in [0.4, 0.5) is 0 Å². The summed E-state index contributed by atoms with van der Waals surface area (Å²) in [4.78, 5) is 39.7. The van der Waals surface area contributed by atoms with Crippen LogP contribution in [0.5, 0.6) is 0 Å². The Hall–Kier alpha value is -1.85. The summed E-state index contributed by atoms with van der Waals surface area (Å²) in [5.74, 6) is -0.143. The number of hydrogen-bond acceptors (Lipinski definition) is 3. The molecule has 6 nitrogen and oxygen atoms in total. The molecular formula is C19H29N3O3. The standard InChI is InChI=1S/C19H29N3O3/c1-14(23)21-9-11-22(12-10-21)19(25)17-13-16(17)18(24)20-8-7-15-5-3-2-4-6-15/h5,16-17H,2-4,6-13H2,1H3,(H,20,24). The Morgan fingerprint density at radius 2 is 1.80 bits per heavy atom. The maximum Gasteiger partial charge on any atom is 0.226 e. The van der Waals surface area contributed by atoms with Gasteiger partial charge in [-0.15, -0.1) is 0 Å². The van der Waals surface area contributed by atoms with Crippen LogP contribution in [-0.2, 0) is 14.4 Å². The van der Waals surface area contributed by atoms with Crippen LogP contribution in [-0.4, -0.2) is 60.2 Å². The number of allylic oxidation sites excluding steroid dienone is 1. The number of hydrogen-bond donors (Lipinski definition) is 1. The lowest BCUT2D eigenvalue weighted by Crippen LogP contribution is -2.50. The third kappa shape index (κ3) is 4.61. The molecule has 0 radical (unpaired) electrons. The van der Waals surface area contributed by atoms with Gasteiger partial charge in [0.15, 0.2) is 0 Å². The predicted octanol–water partition coefficient (Wildman–Crippen LogP) is 1.32. The number of carbonyl (C=O) groups is 3. The monoisotopic (exact) mass is 347 g/mol. The molecule has 1 N–H and O–H groups in total. The molecule has 2 unspecified atom stereocenters. The highest BCUT2D eigenvalue weighted by Gasteiger charge is 2.49. The highest BCUT2D eigenvalue weighted by Crippen LogP contribution is 2.40. The Labute approximate surface area is 149 Å². The summed E-state index contributed by atoms with van der Waals surface area (Å²) in [7, 11) is 0. The Kier molecular flexibility index (Phi) is 5.76. The van der Waals surface area contributed by atoms with E-state index in [4.69, 9.17) is 0 Å². The van der Waals surface area contributed by atoms with E-state index in [2.05, 4.69) is 11.4 Å². The van der Waals surface area contributed by atoms with Gasteiger partial charge in [-0.25, -0.2) is 0 Å². The summed E-state index contributed by atoms with van der Waals surface area (Å²) in [6.45, 7) is 4.59. The minimum atomic E-state index is -0.155. The molecule has 1 heterocycles. The van der Waals surface area contributed by atoms with Crippen molar-refractivity contribution in [1.82, 2.24) is 15.1 Å². The molecule has 3 amide bonds. The van der Waals surface area contributed by atoms with Gasteiger partial charge in [-0.3, -0.25) is 14.4 Å². The van der Waals surface area contributed by atoms with Crippen LogP contribution in [0.3, 0.4) is 0 Å². The first kappa shape index (κ1) is 18.0. The van der Waals surface area contributed by atoms with E-state index in [9.17, 15) is 14.4 Å². The summed E-state index contributed by atoms with van der Waals surface area (Å²) < 4.78 is 0. The lowest BCUT2D eigenvalue weighted by Gasteiger charge is -2.34. The molecule has 25 heavy (non-hydrogen) atoms. The van der Waals surface area contributed by atoms with Crippen LogP contribution >= 0.6 is 0 Å². The van der Waals surface area contributed by atoms with Crippen LogP contribution in [0.25, 0.3) is 0 Å². The van der Waals surface area contributed by atoms with Crippen LogP contribution in [0.2, 0.25) is 0 Å². The fourth-order valence-corrected chi connectivity index (χ4v) is 3.84. The number of nitrogens with zero attached hydrogens (tertiary/aromatic N) is 2. The zero-order valence-electron chi connectivity index (χ0n) is 15.1. The lowest BCUT2D eigenvalue weighted by molar-refractivity contribution is -0.140. The molecular weight excluding hydrogens is 318 g/mol. The van der Waals surface area contributed by atoms with E-state index in [-0.39, 0.29) is 29.6 Å². The summed E-state index contributed by atoms with van der Waals surface area (Å²) in [6, 6.07) is 0. The second-order valence-corrected chi connectivity index (χ2v) is 7.43. The minimum Gasteiger partial charge on any atom is -0.356 e. The first-order chi connectivity index (χ1) is 12.1. The molecule has 0 bridgehead atoms. The van der Waals surface area contributed by atoms with Gasteiger partial charge >= 0.3 is 0 Å². The normalized spacial score (nSPS) is 26.0. The van der Waals surface area contributed by atoms with Gasteiger partial charge in [0.05, 0.1) is 11.8 Å². The van der Waals surface area contributed by atoms with Crippen molar-refractivity contribution in [2.24, 2.45) is 11.8 Å². The SMILES string of the molecule is CC(=O)N1CCN(C(=O)C2CC2C(=O)NCCC2=CCCCC2)CC1. The van der Waals surface area contributed by atoms with E-state index in [1.54, 1.807) is 11.8 Å². The maximum atomic E-state index is 12.5. The van der Waals surface area contributed by atoms with Gasteiger partial charge in [-0.1, -0.05) is 11.6 Å². The third-order valence-electron chi connectivity index (χ3n) is 5.61. The molecule has 0 aromatic heterocycles. The van der Waals surface area contributed by atoms with Crippen LogP contribution in [0.1, 0.15) is 45.4 Å². The molecule has 3 rings (SSSR count). The molecule has 0 aromatic rings. The van der Waals surface area contributed by atoms with Crippen molar-refractivity contribution in [3.63, 3.8) is 0 Å². The summed E-state index contributed by atoms with van der Waals surface area (Å²) in [6.07, 6.45) is 8.77. The second-order valence-electron chi connectivity index (χ2n) is 7.43. The Morgan fingerprint density at radius 3 is 2.44 bits per heavy atom. The fraction of sp³-hybridized carbons (Fsp3) is 0.737. The van der Waals surface area contributed by atoms with E-state index in [1.807, 2.05) is 4.90 Å². The van der Waals surface area contributed by atoms with E-state index >= 15 is 0 Å². The highest BCUT2D eigenvalue weighted by molar-refractivity contribution is 5.92. The highest BCUT2D eigenvalue weighted by atomic mass is 16.2. The van der Waals surface area contributed by atoms with Crippen LogP contribution < -0.4 is 5.32 Å². The fourth-order valence-electron chi connectivity index (χ4n) is 3.84. The van der Waals surface area contributed by atoms with Crippen molar-refractivity contribution in [2.75, 3.05) is 32.7 Å². The van der Waals surface area contributed by atoms with Crippen molar-refractivity contribution in [1.29, 1.82) is 0 Å². The average Bonchev–Trinajstić information content (AvgIpc) is 3.43. The predicted molar refractivity (Wildman–Crippen MR) is 94.6 cm³/mol. The first-order valence-electron chi connectivity index (χ1n) is 9.56. The average molecular weight is 347 g/mol. The molecule has 138 valence electrons. The molecule has 2 aliphatic carbocycles. The minimum absolute atomic E-state index is 0.0251. The van der Waals surface area contributed by atoms with Crippen molar-refractivity contribution >= 4 is 17.7 Å². The molecule has 0 spiro atoms. The number of amides is 3. The molecule has 1 aliphatic heterocycles. The molecule has 3 aliphatic rings. The van der Waals surface area contributed by atoms with Gasteiger partial charge in [-0.2, -0.15) is 0 Å². The van der Waals surface area contributed by atoms with Crippen LogP contribution in [0, 0.1) is 11.8 Å². The topological polar surface area (TPSA) is 69.7 Å². The Morgan fingerprint density at radius 1 is 1.08 bits per heavy atom. The Balaban J connectivity index is 1.37. The summed E-state index contributed by atoms with van der Waals surface area (Å²) >= 11 is 0. The van der Waals surface area contributed by atoms with Gasteiger partial charge in [0.25, 0.3) is 0 Å². The van der Waals surface area contributed by atoms with E-state index in [0.717, 1.165) is 12.8 Å². The van der Waals surface area contributed by atoms with Crippen LogP contribution in [0.15, 0.2) is 11.6 Å². The number of piperazine rings is 1. The van der Waals surface area contributed by atoms with Gasteiger partial charge in [0.2, 0.25) is 17.7 Å². The first-order valence-corrected chi connectivity index (χ1v) is 9.56. The van der Waals surface area contributed by atoms with E-state index in [0.29, 0.717) is 39.1 Å². The van der Waals surface area contributed by atoms with E-state index in [1.165, 1.54) is 24.8 Å². The smallest absolute Gasteiger partial charge is 0.226 e. The lowest BCUT2D eigenvalue weighted by atomic mass is 9.97. The second kappa shape index (κ2) is 8.02. The molecule has 0 aromatic carbocycles. The molecule has 6 heteroatoms. The number of carbonyl (C=O) groups excluding carboxylic acids is 3. The largest absolute Gasteiger partial charge is 0.356 e. The van der Waals surface area contributed by atoms with E-state index < -0.39 is 0 Å². The zero-order chi connectivity index (χ0) is 17.8. The molecule has 1 saturated carbocycles.